The maximum Gasteiger partial charge on any atom is 0.259 e. The number of thiophene rings is 1. The largest absolute Gasteiger partial charge is 0.309 e. The molecule has 0 saturated carbocycles. The average molecular weight is 421 g/mol. The number of aromatic nitrogens is 2. The molecule has 2 aromatic carbocycles. The second kappa shape index (κ2) is 7.62. The smallest absolute Gasteiger partial charge is 0.259 e. The molecule has 0 unspecified atom stereocenters. The minimum Gasteiger partial charge on any atom is -0.309 e. The van der Waals surface area contributed by atoms with Gasteiger partial charge in [-0.25, -0.2) is 4.98 Å². The van der Waals surface area contributed by atoms with Gasteiger partial charge in [0.25, 0.3) is 5.56 Å². The predicted molar refractivity (Wildman–Crippen MR) is 125 cm³/mol. The van der Waals surface area contributed by atoms with Gasteiger partial charge in [-0.1, -0.05) is 49.4 Å². The highest BCUT2D eigenvalue weighted by Crippen LogP contribution is 2.37. The number of fused-ring (bicyclic) bond motifs is 4. The molecule has 1 aliphatic carbocycles. The Morgan fingerprint density at radius 2 is 2.07 bits per heavy atom. The molecular formula is C24H24N2OS2. The topological polar surface area (TPSA) is 45.8 Å². The summed E-state index contributed by atoms with van der Waals surface area (Å²) in [6, 6.07) is 15.0. The van der Waals surface area contributed by atoms with Crippen LogP contribution >= 0.6 is 23.1 Å². The van der Waals surface area contributed by atoms with Gasteiger partial charge in [-0.2, -0.15) is 0 Å². The van der Waals surface area contributed by atoms with Crippen LogP contribution in [-0.4, -0.2) is 9.97 Å². The lowest BCUT2D eigenvalue weighted by Gasteiger charge is -2.17. The number of aromatic amines is 1. The normalized spacial score (nSPS) is 17.5. The number of hydrogen-bond donors (Lipinski definition) is 1. The second-order valence-electron chi connectivity index (χ2n) is 8.07. The van der Waals surface area contributed by atoms with Crippen molar-refractivity contribution in [1.82, 2.24) is 9.97 Å². The minimum absolute atomic E-state index is 0.0367. The number of hydrogen-bond acceptors (Lipinski definition) is 4. The first-order chi connectivity index (χ1) is 14.1. The molecule has 1 aliphatic rings. The third-order valence-corrected chi connectivity index (χ3v) is 8.29. The number of benzene rings is 2. The van der Waals surface area contributed by atoms with Crippen LogP contribution in [0.1, 0.15) is 47.3 Å². The van der Waals surface area contributed by atoms with E-state index in [4.69, 9.17) is 4.98 Å². The van der Waals surface area contributed by atoms with E-state index >= 15 is 0 Å². The van der Waals surface area contributed by atoms with Gasteiger partial charge in [-0.15, -0.1) is 23.1 Å². The number of rotatable bonds is 4. The summed E-state index contributed by atoms with van der Waals surface area (Å²) in [7, 11) is 0. The zero-order valence-corrected chi connectivity index (χ0v) is 18.3. The summed E-state index contributed by atoms with van der Waals surface area (Å²) in [6.45, 7) is 4.43. The molecule has 0 aliphatic heterocycles. The Morgan fingerprint density at radius 1 is 1.24 bits per heavy atom. The standard InChI is InChI=1S/C24H24N2OS2/c1-14-10-11-19-20(12-14)29-24-21(19)23(27)25-22(26-24)15(2)28-13-17-8-5-7-16-6-3-4-9-18(16)17/h3-9,14-15H,10-13H2,1-2H3,(H,25,26,27)/t14-,15+/m0/s1. The predicted octanol–water partition coefficient (Wildman–Crippen LogP) is 6.26. The van der Waals surface area contributed by atoms with Crippen LogP contribution in [0.3, 0.4) is 0 Å². The van der Waals surface area contributed by atoms with Crippen molar-refractivity contribution in [3.63, 3.8) is 0 Å². The molecule has 148 valence electrons. The second-order valence-corrected chi connectivity index (χ2v) is 10.5. The summed E-state index contributed by atoms with van der Waals surface area (Å²) in [6.07, 6.45) is 3.25. The van der Waals surface area contributed by atoms with Gasteiger partial charge in [0.1, 0.15) is 10.7 Å². The van der Waals surface area contributed by atoms with E-state index in [9.17, 15) is 4.79 Å². The van der Waals surface area contributed by atoms with Crippen molar-refractivity contribution in [3.8, 4) is 0 Å². The Bertz CT molecular complexity index is 1250. The van der Waals surface area contributed by atoms with Gasteiger partial charge in [0, 0.05) is 10.6 Å². The van der Waals surface area contributed by atoms with Crippen LogP contribution in [-0.2, 0) is 18.6 Å². The van der Waals surface area contributed by atoms with Gasteiger partial charge in [-0.3, -0.25) is 4.79 Å². The molecule has 29 heavy (non-hydrogen) atoms. The van der Waals surface area contributed by atoms with Crippen LogP contribution in [0.5, 0.6) is 0 Å². The molecule has 0 spiro atoms. The SMILES string of the molecule is C[C@H]1CCc2c(sc3nc([C@@H](C)SCc4cccc5ccccc45)[nH]c(=O)c23)C1. The maximum atomic E-state index is 12.9. The Labute approximate surface area is 178 Å². The quantitative estimate of drug-likeness (QED) is 0.424. The van der Waals surface area contributed by atoms with Crippen LogP contribution in [0.25, 0.3) is 21.0 Å². The van der Waals surface area contributed by atoms with Gasteiger partial charge >= 0.3 is 0 Å². The van der Waals surface area contributed by atoms with Crippen molar-refractivity contribution >= 4 is 44.1 Å². The lowest BCUT2D eigenvalue weighted by molar-refractivity contribution is 0.509. The molecule has 0 bridgehead atoms. The Hall–Kier alpha value is -2.11. The molecule has 0 saturated heterocycles. The molecular weight excluding hydrogens is 396 g/mol. The van der Waals surface area contributed by atoms with E-state index in [1.165, 1.54) is 26.8 Å². The Kier molecular flexibility index (Phi) is 4.96. The van der Waals surface area contributed by atoms with Gasteiger partial charge in [-0.05, 0) is 54.0 Å². The highest BCUT2D eigenvalue weighted by molar-refractivity contribution is 7.98. The first-order valence-corrected chi connectivity index (χ1v) is 12.1. The van der Waals surface area contributed by atoms with Gasteiger partial charge in [0.2, 0.25) is 0 Å². The number of thioether (sulfide) groups is 1. The van der Waals surface area contributed by atoms with Crippen LogP contribution in [0.2, 0.25) is 0 Å². The third-order valence-electron chi connectivity index (χ3n) is 5.94. The molecule has 4 aromatic rings. The van der Waals surface area contributed by atoms with Crippen molar-refractivity contribution in [2.24, 2.45) is 5.92 Å². The molecule has 0 amide bonds. The number of aryl methyl sites for hydroxylation is 1. The molecule has 5 rings (SSSR count). The third kappa shape index (κ3) is 3.51. The van der Waals surface area contributed by atoms with E-state index in [0.29, 0.717) is 5.92 Å². The van der Waals surface area contributed by atoms with E-state index in [1.54, 1.807) is 11.3 Å². The fourth-order valence-electron chi connectivity index (χ4n) is 4.27. The molecule has 1 N–H and O–H groups in total. The van der Waals surface area contributed by atoms with Crippen molar-refractivity contribution in [2.45, 2.75) is 44.1 Å². The molecule has 2 atom stereocenters. The molecule has 2 heterocycles. The van der Waals surface area contributed by atoms with Crippen LogP contribution in [0.15, 0.2) is 47.3 Å². The Balaban J connectivity index is 1.42. The van der Waals surface area contributed by atoms with Crippen molar-refractivity contribution in [2.75, 3.05) is 0 Å². The van der Waals surface area contributed by atoms with E-state index in [1.807, 2.05) is 11.8 Å². The van der Waals surface area contributed by atoms with Gasteiger partial charge in [0.15, 0.2) is 0 Å². The fraction of sp³-hybridized carbons (Fsp3) is 0.333. The highest BCUT2D eigenvalue weighted by Gasteiger charge is 2.23. The summed E-state index contributed by atoms with van der Waals surface area (Å²) < 4.78 is 0. The van der Waals surface area contributed by atoms with Crippen LogP contribution in [0, 0.1) is 5.92 Å². The molecule has 0 radical (unpaired) electrons. The number of nitrogens with one attached hydrogen (secondary N) is 1. The average Bonchev–Trinajstić information content (AvgIpc) is 3.09. The van der Waals surface area contributed by atoms with E-state index in [-0.39, 0.29) is 10.8 Å². The zero-order valence-electron chi connectivity index (χ0n) is 16.7. The van der Waals surface area contributed by atoms with Gasteiger partial charge < -0.3 is 4.98 Å². The summed E-state index contributed by atoms with van der Waals surface area (Å²) in [4.78, 5) is 23.1. The summed E-state index contributed by atoms with van der Waals surface area (Å²) in [5.74, 6) is 2.38. The summed E-state index contributed by atoms with van der Waals surface area (Å²) in [5, 5.41) is 3.53. The summed E-state index contributed by atoms with van der Waals surface area (Å²) in [5.41, 5.74) is 2.61. The first-order valence-electron chi connectivity index (χ1n) is 10.2. The molecule has 3 nitrogen and oxygen atoms in total. The monoisotopic (exact) mass is 420 g/mol. The Morgan fingerprint density at radius 3 is 2.97 bits per heavy atom. The van der Waals surface area contributed by atoms with Crippen molar-refractivity contribution < 1.29 is 0 Å². The fourth-order valence-corrected chi connectivity index (χ4v) is 6.61. The molecule has 5 heteroatoms. The molecule has 0 fully saturated rings. The van der Waals surface area contributed by atoms with Crippen LogP contribution < -0.4 is 5.56 Å². The van der Waals surface area contributed by atoms with E-state index in [0.717, 1.165) is 41.1 Å². The first kappa shape index (κ1) is 18.9. The lowest BCUT2D eigenvalue weighted by Crippen LogP contribution is -2.15. The van der Waals surface area contributed by atoms with Crippen molar-refractivity contribution in [1.29, 1.82) is 0 Å². The van der Waals surface area contributed by atoms with Crippen molar-refractivity contribution in [3.05, 3.63) is 74.6 Å². The van der Waals surface area contributed by atoms with Gasteiger partial charge in [0.05, 0.1) is 10.6 Å². The van der Waals surface area contributed by atoms with E-state index in [2.05, 4.69) is 61.3 Å². The lowest BCUT2D eigenvalue weighted by atomic mass is 9.89. The summed E-state index contributed by atoms with van der Waals surface area (Å²) >= 11 is 3.55. The van der Waals surface area contributed by atoms with E-state index < -0.39 is 0 Å². The van der Waals surface area contributed by atoms with Crippen LogP contribution in [0.4, 0.5) is 0 Å². The maximum absolute atomic E-state index is 12.9. The zero-order chi connectivity index (χ0) is 20.0. The molecule has 2 aromatic heterocycles. The minimum atomic E-state index is 0.0367. The highest BCUT2D eigenvalue weighted by atomic mass is 32.2. The number of H-pyrrole nitrogens is 1. The number of nitrogens with zero attached hydrogens (tertiary/aromatic N) is 1.